The predicted molar refractivity (Wildman–Crippen MR) is 84.5 cm³/mol. The van der Waals surface area contributed by atoms with Crippen molar-refractivity contribution < 1.29 is 22.0 Å². The van der Waals surface area contributed by atoms with Crippen LogP contribution < -0.4 is 0 Å². The fourth-order valence-electron chi connectivity index (χ4n) is 1.96. The van der Waals surface area contributed by atoms with E-state index in [0.29, 0.717) is 6.54 Å². The van der Waals surface area contributed by atoms with Gasteiger partial charge in [-0.1, -0.05) is 0 Å². The quantitative estimate of drug-likeness (QED) is 0.823. The molecule has 23 heavy (non-hydrogen) atoms. The van der Waals surface area contributed by atoms with E-state index in [0.717, 1.165) is 22.6 Å². The Hall–Kier alpha value is -1.80. The van der Waals surface area contributed by atoms with E-state index < -0.39 is 20.5 Å². The van der Waals surface area contributed by atoms with Crippen LogP contribution in [0.2, 0.25) is 0 Å². The van der Waals surface area contributed by atoms with E-state index in [2.05, 4.69) is 0 Å². The van der Waals surface area contributed by atoms with Crippen molar-refractivity contribution >= 4 is 27.1 Å². The third-order valence-corrected chi connectivity index (χ3v) is 5.77. The third-order valence-electron chi connectivity index (χ3n) is 3.36. The maximum Gasteiger partial charge on any atom is 0.341 e. The lowest BCUT2D eigenvalue weighted by Gasteiger charge is -2.17. The van der Waals surface area contributed by atoms with Crippen LogP contribution >= 0.6 is 11.3 Å². The van der Waals surface area contributed by atoms with Crippen LogP contribution in [0.15, 0.2) is 40.6 Å². The van der Waals surface area contributed by atoms with Gasteiger partial charge in [-0.15, -0.1) is 11.3 Å². The van der Waals surface area contributed by atoms with Gasteiger partial charge in [0.1, 0.15) is 0 Å². The van der Waals surface area contributed by atoms with E-state index in [-0.39, 0.29) is 11.5 Å². The summed E-state index contributed by atoms with van der Waals surface area (Å²) in [6, 6.07) is 6.50. The molecule has 0 saturated heterocycles. The number of hydrogen-bond acceptors (Lipinski definition) is 4. The van der Waals surface area contributed by atoms with Gasteiger partial charge < -0.3 is 4.90 Å². The second-order valence-corrected chi connectivity index (χ2v) is 7.94. The number of carbonyl (C=O) groups is 1. The first-order valence-electron chi connectivity index (χ1n) is 6.64. The second-order valence-electron chi connectivity index (χ2n) is 5.02. The van der Waals surface area contributed by atoms with Gasteiger partial charge >= 0.3 is 5.76 Å². The minimum Gasteiger partial charge on any atom is -0.337 e. The minimum absolute atomic E-state index is 0.245. The SMILES string of the molecule is Cc1ccsc1CN(C)C(=O)c1ccc(S(=O)(=O)C(F)F)cc1. The Bertz CT molecular complexity index is 798. The molecule has 1 heterocycles. The van der Waals surface area contributed by atoms with Gasteiger partial charge in [-0.3, -0.25) is 4.79 Å². The topological polar surface area (TPSA) is 54.5 Å². The summed E-state index contributed by atoms with van der Waals surface area (Å²) in [5, 5.41) is 1.94. The molecule has 1 amide bonds. The number of amides is 1. The largest absolute Gasteiger partial charge is 0.341 e. The van der Waals surface area contributed by atoms with Crippen molar-refractivity contribution in [3.05, 3.63) is 51.7 Å². The highest BCUT2D eigenvalue weighted by atomic mass is 32.2. The molecule has 0 unspecified atom stereocenters. The first-order valence-corrected chi connectivity index (χ1v) is 9.06. The van der Waals surface area contributed by atoms with Crippen molar-refractivity contribution in [2.24, 2.45) is 0 Å². The monoisotopic (exact) mass is 359 g/mol. The molecule has 0 saturated carbocycles. The number of carbonyl (C=O) groups excluding carboxylic acids is 1. The number of aryl methyl sites for hydroxylation is 1. The highest BCUT2D eigenvalue weighted by Gasteiger charge is 2.26. The van der Waals surface area contributed by atoms with Crippen LogP contribution in [-0.2, 0) is 16.4 Å². The molecule has 2 rings (SSSR count). The molecular weight excluding hydrogens is 344 g/mol. The Morgan fingerprint density at radius 3 is 2.30 bits per heavy atom. The molecule has 0 N–H and O–H groups in total. The number of sulfone groups is 1. The summed E-state index contributed by atoms with van der Waals surface area (Å²) in [5.74, 6) is -3.78. The first-order chi connectivity index (χ1) is 10.7. The molecule has 0 aliphatic carbocycles. The summed E-state index contributed by atoms with van der Waals surface area (Å²) in [7, 11) is -3.01. The molecule has 0 aliphatic heterocycles. The van der Waals surface area contributed by atoms with Gasteiger partial charge in [-0.2, -0.15) is 8.78 Å². The smallest absolute Gasteiger partial charge is 0.337 e. The van der Waals surface area contributed by atoms with Gasteiger partial charge in [0.15, 0.2) is 0 Å². The van der Waals surface area contributed by atoms with Gasteiger partial charge in [-0.05, 0) is 48.2 Å². The second kappa shape index (κ2) is 6.76. The summed E-state index contributed by atoms with van der Waals surface area (Å²) in [6.45, 7) is 2.38. The summed E-state index contributed by atoms with van der Waals surface area (Å²) in [5.41, 5.74) is 1.34. The van der Waals surface area contributed by atoms with Crippen LogP contribution in [0.5, 0.6) is 0 Å². The van der Waals surface area contributed by atoms with Crippen molar-refractivity contribution in [2.45, 2.75) is 24.1 Å². The fraction of sp³-hybridized carbons (Fsp3) is 0.267. The molecule has 1 aromatic heterocycles. The van der Waals surface area contributed by atoms with Crippen LogP contribution in [0, 0.1) is 6.92 Å². The average Bonchev–Trinajstić information content (AvgIpc) is 2.91. The molecule has 0 bridgehead atoms. The van der Waals surface area contributed by atoms with Crippen LogP contribution in [-0.4, -0.2) is 32.0 Å². The fourth-order valence-corrected chi connectivity index (χ4v) is 3.64. The lowest BCUT2D eigenvalue weighted by molar-refractivity contribution is 0.0786. The zero-order valence-corrected chi connectivity index (χ0v) is 14.1. The Morgan fingerprint density at radius 2 is 1.83 bits per heavy atom. The summed E-state index contributed by atoms with van der Waals surface area (Å²) >= 11 is 1.54. The molecular formula is C15H15F2NO3S2. The number of thiophene rings is 1. The zero-order valence-electron chi connectivity index (χ0n) is 12.5. The van der Waals surface area contributed by atoms with E-state index in [1.54, 1.807) is 18.4 Å². The van der Waals surface area contributed by atoms with Gasteiger partial charge in [-0.25, -0.2) is 8.42 Å². The van der Waals surface area contributed by atoms with Crippen molar-refractivity contribution in [2.75, 3.05) is 7.05 Å². The third kappa shape index (κ3) is 3.76. The summed E-state index contributed by atoms with van der Waals surface area (Å²) < 4.78 is 47.7. The Balaban J connectivity index is 2.16. The maximum atomic E-state index is 12.5. The van der Waals surface area contributed by atoms with Crippen molar-refractivity contribution in [3.63, 3.8) is 0 Å². The number of nitrogens with zero attached hydrogens (tertiary/aromatic N) is 1. The van der Waals surface area contributed by atoms with Gasteiger partial charge in [0.2, 0.25) is 9.84 Å². The van der Waals surface area contributed by atoms with Gasteiger partial charge in [0.05, 0.1) is 11.4 Å². The Labute approximate surface area is 137 Å². The van der Waals surface area contributed by atoms with Crippen molar-refractivity contribution in [1.82, 2.24) is 4.90 Å². The van der Waals surface area contributed by atoms with Crippen LogP contribution in [0.3, 0.4) is 0 Å². The van der Waals surface area contributed by atoms with Crippen LogP contribution in [0.25, 0.3) is 0 Å². The van der Waals surface area contributed by atoms with Crippen molar-refractivity contribution in [3.8, 4) is 0 Å². The van der Waals surface area contributed by atoms with Crippen LogP contribution in [0.4, 0.5) is 8.78 Å². The van der Waals surface area contributed by atoms with Gasteiger partial charge in [0, 0.05) is 17.5 Å². The molecule has 0 spiro atoms. The molecule has 2 aromatic rings. The molecule has 1 aromatic carbocycles. The summed E-state index contributed by atoms with van der Waals surface area (Å²) in [6.07, 6.45) is 0. The van der Waals surface area contributed by atoms with Crippen molar-refractivity contribution in [1.29, 1.82) is 0 Å². The normalized spacial score (nSPS) is 11.7. The van der Waals surface area contributed by atoms with Crippen LogP contribution in [0.1, 0.15) is 20.8 Å². The predicted octanol–water partition coefficient (Wildman–Crippen LogP) is 3.33. The molecule has 0 fully saturated rings. The molecule has 124 valence electrons. The lowest BCUT2D eigenvalue weighted by atomic mass is 10.2. The van der Waals surface area contributed by atoms with E-state index in [4.69, 9.17) is 0 Å². The molecule has 4 nitrogen and oxygen atoms in total. The Kier molecular flexibility index (Phi) is 5.16. The maximum absolute atomic E-state index is 12.5. The highest BCUT2D eigenvalue weighted by Crippen LogP contribution is 2.21. The van der Waals surface area contributed by atoms with E-state index in [1.807, 2.05) is 18.4 Å². The van der Waals surface area contributed by atoms with E-state index in [1.165, 1.54) is 17.0 Å². The number of halogens is 2. The molecule has 0 aliphatic rings. The standard InChI is InChI=1S/C15H15F2NO3S2/c1-10-7-8-22-13(10)9-18(2)14(19)11-3-5-12(6-4-11)23(20,21)15(16)17/h3-8,15H,9H2,1-2H3. The lowest BCUT2D eigenvalue weighted by Crippen LogP contribution is -2.26. The number of rotatable bonds is 5. The molecule has 0 atom stereocenters. The number of hydrogen-bond donors (Lipinski definition) is 0. The average molecular weight is 359 g/mol. The van der Waals surface area contributed by atoms with E-state index >= 15 is 0 Å². The first kappa shape index (κ1) is 17.6. The van der Waals surface area contributed by atoms with Gasteiger partial charge in [0.25, 0.3) is 5.91 Å². The number of benzene rings is 1. The minimum atomic E-state index is -4.64. The molecule has 8 heteroatoms. The molecule has 0 radical (unpaired) electrons. The Morgan fingerprint density at radius 1 is 1.22 bits per heavy atom. The van der Waals surface area contributed by atoms with E-state index in [9.17, 15) is 22.0 Å². The summed E-state index contributed by atoms with van der Waals surface area (Å²) in [4.78, 5) is 14.4. The highest BCUT2D eigenvalue weighted by molar-refractivity contribution is 7.91. The number of alkyl halides is 2. The zero-order chi connectivity index (χ0) is 17.2.